The highest BCUT2D eigenvalue weighted by Gasteiger charge is 2.68. The van der Waals surface area contributed by atoms with Crippen LogP contribution >= 0.6 is 0 Å². The zero-order valence-corrected chi connectivity index (χ0v) is 8.52. The maximum atomic E-state index is 11.9. The van der Waals surface area contributed by atoms with Crippen LogP contribution in [0.4, 0.5) is 4.79 Å². The van der Waals surface area contributed by atoms with Crippen LogP contribution in [0.5, 0.6) is 0 Å². The molecule has 90 valence electrons. The van der Waals surface area contributed by atoms with Gasteiger partial charge in [0.1, 0.15) is 0 Å². The number of benzene rings is 1. The Kier molecular flexibility index (Phi) is 2.06. The standard InChI is InChI=1S/C10H8N2O4.H2O/c13-7-5-3-1-2-4-6(5)9(15)10(7,16)12-8(14)11-9;/h1-4,15-16H,(H2,11,12,14);1H2. The van der Waals surface area contributed by atoms with Crippen molar-refractivity contribution in [3.63, 3.8) is 0 Å². The van der Waals surface area contributed by atoms with Crippen molar-refractivity contribution in [3.05, 3.63) is 35.4 Å². The summed E-state index contributed by atoms with van der Waals surface area (Å²) in [5.74, 6) is -0.719. The summed E-state index contributed by atoms with van der Waals surface area (Å²) in [6.07, 6.45) is 0. The zero-order chi connectivity index (χ0) is 11.6. The first kappa shape index (κ1) is 11.5. The Morgan fingerprint density at radius 3 is 2.29 bits per heavy atom. The van der Waals surface area contributed by atoms with Crippen LogP contribution in [0.25, 0.3) is 0 Å². The van der Waals surface area contributed by atoms with E-state index < -0.39 is 23.3 Å². The van der Waals surface area contributed by atoms with E-state index in [1.165, 1.54) is 12.1 Å². The number of Topliss-reactive ketones (excluding diaryl/α,β-unsaturated/α-hetero) is 1. The molecule has 3 rings (SSSR count). The van der Waals surface area contributed by atoms with E-state index in [1.807, 2.05) is 5.32 Å². The van der Waals surface area contributed by atoms with Crippen LogP contribution in [-0.4, -0.2) is 33.2 Å². The summed E-state index contributed by atoms with van der Waals surface area (Å²) in [5.41, 5.74) is -4.01. The molecule has 7 nitrogen and oxygen atoms in total. The Morgan fingerprint density at radius 1 is 1.00 bits per heavy atom. The molecule has 2 unspecified atom stereocenters. The fourth-order valence-corrected chi connectivity index (χ4v) is 2.22. The lowest BCUT2D eigenvalue weighted by molar-refractivity contribution is -0.122. The van der Waals surface area contributed by atoms with E-state index in [2.05, 4.69) is 5.32 Å². The molecule has 1 saturated heterocycles. The lowest BCUT2D eigenvalue weighted by Crippen LogP contribution is -2.58. The number of carbonyl (C=O) groups is 2. The van der Waals surface area contributed by atoms with Crippen molar-refractivity contribution in [1.82, 2.24) is 10.6 Å². The summed E-state index contributed by atoms with van der Waals surface area (Å²) < 4.78 is 0. The summed E-state index contributed by atoms with van der Waals surface area (Å²) in [7, 11) is 0. The van der Waals surface area contributed by atoms with Gasteiger partial charge in [-0.05, 0) is 0 Å². The third kappa shape index (κ3) is 1.05. The topological polar surface area (TPSA) is 130 Å². The number of nitrogens with one attached hydrogen (secondary N) is 2. The van der Waals surface area contributed by atoms with E-state index in [1.54, 1.807) is 12.1 Å². The van der Waals surface area contributed by atoms with Crippen LogP contribution in [0.1, 0.15) is 15.9 Å². The lowest BCUT2D eigenvalue weighted by atomic mass is 10.0. The lowest BCUT2D eigenvalue weighted by Gasteiger charge is -2.27. The molecular formula is C10H10N2O5. The smallest absolute Gasteiger partial charge is 0.320 e. The van der Waals surface area contributed by atoms with Crippen molar-refractivity contribution in [2.24, 2.45) is 0 Å². The van der Waals surface area contributed by atoms with E-state index >= 15 is 0 Å². The minimum atomic E-state index is -2.31. The average Bonchev–Trinajstić information content (AvgIpc) is 2.57. The maximum absolute atomic E-state index is 11.9. The fourth-order valence-electron chi connectivity index (χ4n) is 2.22. The Bertz CT molecular complexity index is 531. The van der Waals surface area contributed by atoms with Gasteiger partial charge in [0.2, 0.25) is 11.5 Å². The summed E-state index contributed by atoms with van der Waals surface area (Å²) in [6, 6.07) is 5.41. The van der Waals surface area contributed by atoms with Crippen molar-refractivity contribution in [3.8, 4) is 0 Å². The largest absolute Gasteiger partial charge is 0.412 e. The number of rotatable bonds is 0. The predicted octanol–water partition coefficient (Wildman–Crippen LogP) is -1.80. The van der Waals surface area contributed by atoms with E-state index in [0.717, 1.165) is 0 Å². The molecule has 6 N–H and O–H groups in total. The minimum absolute atomic E-state index is 0. The number of hydrogen-bond donors (Lipinski definition) is 4. The molecule has 1 aliphatic heterocycles. The highest BCUT2D eigenvalue weighted by atomic mass is 16.4. The SMILES string of the molecule is O.O=C1NC2(O)C(=O)c3ccccc3C2(O)N1. The molecule has 1 fully saturated rings. The van der Waals surface area contributed by atoms with Crippen molar-refractivity contribution >= 4 is 11.8 Å². The van der Waals surface area contributed by atoms with Gasteiger partial charge >= 0.3 is 6.03 Å². The van der Waals surface area contributed by atoms with Crippen molar-refractivity contribution in [1.29, 1.82) is 0 Å². The van der Waals surface area contributed by atoms with E-state index in [9.17, 15) is 19.8 Å². The van der Waals surface area contributed by atoms with Gasteiger partial charge in [0.05, 0.1) is 0 Å². The summed E-state index contributed by atoms with van der Waals surface area (Å²) in [6.45, 7) is 0. The second kappa shape index (κ2) is 3.04. The number of hydrogen-bond acceptors (Lipinski definition) is 4. The Balaban J connectivity index is 0.00000108. The molecule has 7 heteroatoms. The van der Waals surface area contributed by atoms with Gasteiger partial charge in [-0.2, -0.15) is 0 Å². The molecule has 0 saturated carbocycles. The van der Waals surface area contributed by atoms with E-state index in [-0.39, 0.29) is 16.6 Å². The average molecular weight is 238 g/mol. The number of urea groups is 1. The number of aliphatic hydroxyl groups is 2. The second-order valence-electron chi connectivity index (χ2n) is 3.87. The number of carbonyl (C=O) groups excluding carboxylic acids is 2. The predicted molar refractivity (Wildman–Crippen MR) is 54.9 cm³/mol. The van der Waals surface area contributed by atoms with Gasteiger partial charge in [0.25, 0.3) is 5.72 Å². The summed E-state index contributed by atoms with van der Waals surface area (Å²) in [4.78, 5) is 23.0. The molecular weight excluding hydrogens is 228 g/mol. The molecule has 1 heterocycles. The Labute approximate surface area is 95.4 Å². The van der Waals surface area contributed by atoms with Gasteiger partial charge in [0, 0.05) is 11.1 Å². The highest BCUT2D eigenvalue weighted by molar-refractivity contribution is 6.11. The molecule has 0 aromatic heterocycles. The van der Waals surface area contributed by atoms with Gasteiger partial charge in [0.15, 0.2) is 0 Å². The summed E-state index contributed by atoms with van der Waals surface area (Å²) >= 11 is 0. The zero-order valence-electron chi connectivity index (χ0n) is 8.52. The normalized spacial score (nSPS) is 33.3. The number of ketones is 1. The molecule has 1 aromatic rings. The quantitative estimate of drug-likeness (QED) is 0.425. The molecule has 1 aromatic carbocycles. The van der Waals surface area contributed by atoms with Gasteiger partial charge in [-0.25, -0.2) is 4.79 Å². The molecule has 2 aliphatic rings. The van der Waals surface area contributed by atoms with E-state index in [0.29, 0.717) is 0 Å². The first-order chi connectivity index (χ1) is 7.49. The molecule has 0 bridgehead atoms. The number of amides is 2. The van der Waals surface area contributed by atoms with Gasteiger partial charge in [-0.1, -0.05) is 24.3 Å². The highest BCUT2D eigenvalue weighted by Crippen LogP contribution is 2.43. The molecule has 2 atom stereocenters. The molecule has 17 heavy (non-hydrogen) atoms. The molecule has 0 radical (unpaired) electrons. The minimum Gasteiger partial charge on any atom is -0.412 e. The monoisotopic (exact) mass is 238 g/mol. The van der Waals surface area contributed by atoms with E-state index in [4.69, 9.17) is 0 Å². The van der Waals surface area contributed by atoms with Crippen LogP contribution in [-0.2, 0) is 5.72 Å². The second-order valence-corrected chi connectivity index (χ2v) is 3.87. The van der Waals surface area contributed by atoms with Crippen molar-refractivity contribution in [2.75, 3.05) is 0 Å². The van der Waals surface area contributed by atoms with Crippen LogP contribution < -0.4 is 10.6 Å². The van der Waals surface area contributed by atoms with Crippen molar-refractivity contribution < 1.29 is 25.3 Å². The van der Waals surface area contributed by atoms with Gasteiger partial charge in [-0.3, -0.25) is 10.1 Å². The van der Waals surface area contributed by atoms with Crippen molar-refractivity contribution in [2.45, 2.75) is 11.4 Å². The fraction of sp³-hybridized carbons (Fsp3) is 0.200. The first-order valence-corrected chi connectivity index (χ1v) is 4.68. The molecule has 2 amide bonds. The third-order valence-electron chi connectivity index (χ3n) is 3.00. The number of fused-ring (bicyclic) bond motifs is 3. The van der Waals surface area contributed by atoms with Crippen LogP contribution in [0, 0.1) is 0 Å². The third-order valence-corrected chi connectivity index (χ3v) is 3.00. The van der Waals surface area contributed by atoms with Gasteiger partial charge in [-0.15, -0.1) is 0 Å². The molecule has 1 aliphatic carbocycles. The summed E-state index contributed by atoms with van der Waals surface area (Å²) in [5, 5.41) is 24.5. The van der Waals surface area contributed by atoms with Gasteiger partial charge < -0.3 is 21.0 Å². The van der Waals surface area contributed by atoms with Crippen LogP contribution in [0.3, 0.4) is 0 Å². The Hall–Kier alpha value is -1.96. The van der Waals surface area contributed by atoms with Crippen LogP contribution in [0.2, 0.25) is 0 Å². The molecule has 0 spiro atoms. The Morgan fingerprint density at radius 2 is 1.59 bits per heavy atom. The first-order valence-electron chi connectivity index (χ1n) is 4.68. The van der Waals surface area contributed by atoms with Crippen LogP contribution in [0.15, 0.2) is 24.3 Å². The maximum Gasteiger partial charge on any atom is 0.320 e.